The van der Waals surface area contributed by atoms with E-state index in [9.17, 15) is 4.79 Å². The molecule has 0 spiro atoms. The van der Waals surface area contributed by atoms with Crippen molar-refractivity contribution in [2.45, 2.75) is 39.3 Å². The molecule has 17 heavy (non-hydrogen) atoms. The molecule has 2 rings (SSSR count). The first-order valence-corrected chi connectivity index (χ1v) is 5.72. The molecule has 0 unspecified atom stereocenters. The topological polar surface area (TPSA) is 60.2 Å². The number of hydrogen-bond donors (Lipinski definition) is 0. The summed E-state index contributed by atoms with van der Waals surface area (Å²) in [4.78, 5) is 13.5. The van der Waals surface area contributed by atoms with E-state index in [4.69, 9.17) is 4.74 Å². The maximum Gasteiger partial charge on any atom is 0.410 e. The Labute approximate surface area is 101 Å². The molecule has 0 aromatic carbocycles. The van der Waals surface area contributed by atoms with E-state index in [-0.39, 0.29) is 6.09 Å². The third-order valence-electron chi connectivity index (χ3n) is 2.63. The maximum atomic E-state index is 11.9. The molecule has 6 nitrogen and oxygen atoms in total. The van der Waals surface area contributed by atoms with E-state index in [1.165, 1.54) is 0 Å². The van der Waals surface area contributed by atoms with Crippen molar-refractivity contribution in [1.82, 2.24) is 19.9 Å². The number of ether oxygens (including phenoxy) is 1. The molecule has 0 N–H and O–H groups in total. The van der Waals surface area contributed by atoms with Crippen LogP contribution in [0.25, 0.3) is 0 Å². The summed E-state index contributed by atoms with van der Waals surface area (Å²) in [5, 5.41) is 8.00. The van der Waals surface area contributed by atoms with Crippen LogP contribution < -0.4 is 0 Å². The molecule has 1 aromatic rings. The molecule has 0 radical (unpaired) electrons. The Balaban J connectivity index is 2.05. The lowest BCUT2D eigenvalue weighted by molar-refractivity contribution is 0.0220. The fourth-order valence-corrected chi connectivity index (χ4v) is 1.83. The molecule has 0 saturated carbocycles. The number of amides is 1. The van der Waals surface area contributed by atoms with Crippen molar-refractivity contribution in [2.24, 2.45) is 7.05 Å². The summed E-state index contributed by atoms with van der Waals surface area (Å²) in [6.45, 7) is 6.73. The van der Waals surface area contributed by atoms with Gasteiger partial charge in [-0.15, -0.1) is 5.10 Å². The summed E-state index contributed by atoms with van der Waals surface area (Å²) < 4.78 is 7.10. The van der Waals surface area contributed by atoms with Gasteiger partial charge < -0.3 is 9.64 Å². The highest BCUT2D eigenvalue weighted by Crippen LogP contribution is 2.18. The minimum absolute atomic E-state index is 0.284. The molecule has 0 atom stereocenters. The van der Waals surface area contributed by atoms with Gasteiger partial charge in [0.15, 0.2) is 0 Å². The second-order valence-corrected chi connectivity index (χ2v) is 5.26. The highest BCUT2D eigenvalue weighted by atomic mass is 16.6. The van der Waals surface area contributed by atoms with Crippen LogP contribution in [0.5, 0.6) is 0 Å². The molecule has 1 aliphatic rings. The molecule has 2 heterocycles. The summed E-state index contributed by atoms with van der Waals surface area (Å²) in [6, 6.07) is 0. The van der Waals surface area contributed by atoms with E-state index in [2.05, 4.69) is 10.3 Å². The van der Waals surface area contributed by atoms with Crippen LogP contribution in [-0.2, 0) is 24.8 Å². The normalized spacial score (nSPS) is 15.6. The van der Waals surface area contributed by atoms with Crippen molar-refractivity contribution >= 4 is 6.09 Å². The zero-order valence-corrected chi connectivity index (χ0v) is 10.7. The summed E-state index contributed by atoms with van der Waals surface area (Å²) in [5.74, 6) is 0. The molecule has 6 heteroatoms. The van der Waals surface area contributed by atoms with E-state index >= 15 is 0 Å². The molecular weight excluding hydrogens is 220 g/mol. The van der Waals surface area contributed by atoms with Crippen molar-refractivity contribution < 1.29 is 9.53 Å². The lowest BCUT2D eigenvalue weighted by atomic mass is 10.1. The van der Waals surface area contributed by atoms with E-state index in [1.807, 2.05) is 27.8 Å². The van der Waals surface area contributed by atoms with Crippen molar-refractivity contribution in [3.63, 3.8) is 0 Å². The van der Waals surface area contributed by atoms with Crippen molar-refractivity contribution in [3.05, 3.63) is 11.4 Å². The third-order valence-corrected chi connectivity index (χ3v) is 2.63. The SMILES string of the molecule is Cn1nnc2c1CCN(C(=O)OC(C)(C)C)C2. The van der Waals surface area contributed by atoms with Gasteiger partial charge in [0.05, 0.1) is 12.2 Å². The van der Waals surface area contributed by atoms with Crippen LogP contribution in [0.15, 0.2) is 0 Å². The van der Waals surface area contributed by atoms with E-state index in [1.54, 1.807) is 9.58 Å². The molecule has 1 aliphatic heterocycles. The number of rotatable bonds is 0. The summed E-state index contributed by atoms with van der Waals surface area (Å²) >= 11 is 0. The Morgan fingerprint density at radius 1 is 1.41 bits per heavy atom. The van der Waals surface area contributed by atoms with E-state index in [0.29, 0.717) is 13.1 Å². The molecule has 0 saturated heterocycles. The van der Waals surface area contributed by atoms with Gasteiger partial charge in [-0.3, -0.25) is 4.68 Å². The lowest BCUT2D eigenvalue weighted by Crippen LogP contribution is -2.40. The number of carbonyl (C=O) groups excluding carboxylic acids is 1. The predicted molar refractivity (Wildman–Crippen MR) is 61.4 cm³/mol. The Morgan fingerprint density at radius 3 is 2.76 bits per heavy atom. The maximum absolute atomic E-state index is 11.9. The van der Waals surface area contributed by atoms with Crippen LogP contribution in [0.4, 0.5) is 4.79 Å². The van der Waals surface area contributed by atoms with E-state index in [0.717, 1.165) is 17.8 Å². The minimum Gasteiger partial charge on any atom is -0.444 e. The largest absolute Gasteiger partial charge is 0.444 e. The number of aromatic nitrogens is 3. The molecular formula is C11H18N4O2. The molecule has 94 valence electrons. The molecule has 0 fully saturated rings. The smallest absolute Gasteiger partial charge is 0.410 e. The van der Waals surface area contributed by atoms with Gasteiger partial charge in [-0.2, -0.15) is 0 Å². The fourth-order valence-electron chi connectivity index (χ4n) is 1.83. The quantitative estimate of drug-likeness (QED) is 0.679. The Kier molecular flexibility index (Phi) is 2.81. The van der Waals surface area contributed by atoms with Crippen molar-refractivity contribution in [1.29, 1.82) is 0 Å². The number of aryl methyl sites for hydroxylation is 1. The molecule has 0 aliphatic carbocycles. The van der Waals surface area contributed by atoms with Crippen LogP contribution >= 0.6 is 0 Å². The van der Waals surface area contributed by atoms with Crippen LogP contribution in [0.1, 0.15) is 32.2 Å². The second kappa shape index (κ2) is 4.01. The van der Waals surface area contributed by atoms with Gasteiger partial charge in [-0.1, -0.05) is 5.21 Å². The minimum atomic E-state index is -0.459. The fraction of sp³-hybridized carbons (Fsp3) is 0.727. The monoisotopic (exact) mass is 238 g/mol. The van der Waals surface area contributed by atoms with Gasteiger partial charge in [0, 0.05) is 20.0 Å². The van der Waals surface area contributed by atoms with Crippen LogP contribution in [0.2, 0.25) is 0 Å². The first kappa shape index (κ1) is 11.9. The third kappa shape index (κ3) is 2.57. The number of hydrogen-bond acceptors (Lipinski definition) is 4. The van der Waals surface area contributed by atoms with Crippen LogP contribution in [0.3, 0.4) is 0 Å². The van der Waals surface area contributed by atoms with Gasteiger partial charge in [0.1, 0.15) is 11.3 Å². The van der Waals surface area contributed by atoms with E-state index < -0.39 is 5.60 Å². The van der Waals surface area contributed by atoms with Gasteiger partial charge >= 0.3 is 6.09 Å². The highest BCUT2D eigenvalue weighted by molar-refractivity contribution is 5.68. The summed E-state index contributed by atoms with van der Waals surface area (Å²) in [6.07, 6.45) is 0.492. The zero-order chi connectivity index (χ0) is 12.6. The number of nitrogens with zero attached hydrogens (tertiary/aromatic N) is 4. The summed E-state index contributed by atoms with van der Waals surface area (Å²) in [5.41, 5.74) is 1.51. The molecule has 1 amide bonds. The number of carbonyl (C=O) groups is 1. The van der Waals surface area contributed by atoms with Crippen molar-refractivity contribution in [2.75, 3.05) is 6.54 Å². The predicted octanol–water partition coefficient (Wildman–Crippen LogP) is 1.11. The number of fused-ring (bicyclic) bond motifs is 1. The average Bonchev–Trinajstić information content (AvgIpc) is 2.57. The molecule has 1 aromatic heterocycles. The first-order chi connectivity index (χ1) is 7.87. The van der Waals surface area contributed by atoms with Gasteiger partial charge in [0.2, 0.25) is 0 Å². The lowest BCUT2D eigenvalue weighted by Gasteiger charge is -2.29. The van der Waals surface area contributed by atoms with Crippen molar-refractivity contribution in [3.8, 4) is 0 Å². The zero-order valence-electron chi connectivity index (χ0n) is 10.7. The van der Waals surface area contributed by atoms with Crippen LogP contribution in [-0.4, -0.2) is 38.1 Å². The second-order valence-electron chi connectivity index (χ2n) is 5.26. The standard InChI is InChI=1S/C11H18N4O2/c1-11(2,3)17-10(16)15-6-5-9-8(7-15)12-13-14(9)4/h5-7H2,1-4H3. The van der Waals surface area contributed by atoms with Gasteiger partial charge in [0.25, 0.3) is 0 Å². The van der Waals surface area contributed by atoms with Gasteiger partial charge in [-0.05, 0) is 20.8 Å². The van der Waals surface area contributed by atoms with Gasteiger partial charge in [-0.25, -0.2) is 4.79 Å². The Bertz CT molecular complexity index is 433. The van der Waals surface area contributed by atoms with Crippen LogP contribution in [0, 0.1) is 0 Å². The first-order valence-electron chi connectivity index (χ1n) is 5.72. The molecule has 0 bridgehead atoms. The Hall–Kier alpha value is -1.59. The highest BCUT2D eigenvalue weighted by Gasteiger charge is 2.27. The summed E-state index contributed by atoms with van der Waals surface area (Å²) in [7, 11) is 1.87. The Morgan fingerprint density at radius 2 is 2.12 bits per heavy atom. The average molecular weight is 238 g/mol.